The van der Waals surface area contributed by atoms with Crippen LogP contribution in [0.2, 0.25) is 0 Å². The zero-order valence-corrected chi connectivity index (χ0v) is 12.8. The second-order valence-electron chi connectivity index (χ2n) is 5.80. The number of hydrogen-bond acceptors (Lipinski definition) is 3. The van der Waals surface area contributed by atoms with Gasteiger partial charge < -0.3 is 5.32 Å². The van der Waals surface area contributed by atoms with Crippen LogP contribution in [0.4, 0.5) is 5.82 Å². The fraction of sp³-hybridized carbons (Fsp3) is 0.235. The van der Waals surface area contributed by atoms with Crippen LogP contribution in [0.5, 0.6) is 0 Å². The number of nitrogens with one attached hydrogen (secondary N) is 1. The third-order valence-corrected chi connectivity index (χ3v) is 3.91. The zero-order valence-electron chi connectivity index (χ0n) is 12.8. The lowest BCUT2D eigenvalue weighted by Gasteiger charge is -2.06. The van der Waals surface area contributed by atoms with Crippen molar-refractivity contribution in [2.24, 2.45) is 7.05 Å². The van der Waals surface area contributed by atoms with Gasteiger partial charge in [0.25, 0.3) is 5.91 Å². The molecule has 1 aliphatic rings. The van der Waals surface area contributed by atoms with Crippen LogP contribution in [0.1, 0.15) is 34.9 Å². The summed E-state index contributed by atoms with van der Waals surface area (Å²) in [5.74, 6) is 0.819. The fourth-order valence-electron chi connectivity index (χ4n) is 2.57. The van der Waals surface area contributed by atoms with E-state index in [1.165, 1.54) is 0 Å². The van der Waals surface area contributed by atoms with Crippen molar-refractivity contribution in [3.63, 3.8) is 0 Å². The van der Waals surface area contributed by atoms with Crippen molar-refractivity contribution in [3.8, 4) is 5.69 Å². The Balaban J connectivity index is 1.70. The predicted octanol–water partition coefficient (Wildman–Crippen LogP) is 2.74. The standard InChI is InChI=1S/C17H17N5O/c1-21-10-9-16(20-21)18-17(23)15-11-14(12-7-8-12)19-22(15)13-5-3-2-4-6-13/h2-6,9-12H,7-8H2,1H3,(H,18,20,23). The summed E-state index contributed by atoms with van der Waals surface area (Å²) < 4.78 is 3.37. The normalized spacial score (nSPS) is 14.0. The Labute approximate surface area is 133 Å². The maximum absolute atomic E-state index is 12.7. The van der Waals surface area contributed by atoms with Crippen LogP contribution in [0.15, 0.2) is 48.7 Å². The minimum Gasteiger partial charge on any atom is -0.304 e. The molecule has 2 aromatic heterocycles. The van der Waals surface area contributed by atoms with Gasteiger partial charge in [-0.15, -0.1) is 0 Å². The summed E-state index contributed by atoms with van der Waals surface area (Å²) in [4.78, 5) is 12.7. The highest BCUT2D eigenvalue weighted by molar-refractivity contribution is 6.03. The summed E-state index contributed by atoms with van der Waals surface area (Å²) in [5.41, 5.74) is 2.40. The number of rotatable bonds is 4. The Morgan fingerprint density at radius 3 is 2.61 bits per heavy atom. The lowest BCUT2D eigenvalue weighted by atomic mass is 10.2. The Bertz CT molecular complexity index is 845. The molecule has 23 heavy (non-hydrogen) atoms. The first-order valence-electron chi connectivity index (χ1n) is 7.67. The molecule has 6 heteroatoms. The molecule has 1 fully saturated rings. The maximum atomic E-state index is 12.7. The average molecular weight is 307 g/mol. The summed E-state index contributed by atoms with van der Waals surface area (Å²) in [6.07, 6.45) is 4.08. The Morgan fingerprint density at radius 1 is 1.17 bits per heavy atom. The first kappa shape index (κ1) is 13.8. The largest absolute Gasteiger partial charge is 0.304 e. The third kappa shape index (κ3) is 2.75. The van der Waals surface area contributed by atoms with Gasteiger partial charge in [0.2, 0.25) is 0 Å². The van der Waals surface area contributed by atoms with Crippen LogP contribution in [0, 0.1) is 0 Å². The van der Waals surface area contributed by atoms with E-state index in [-0.39, 0.29) is 5.91 Å². The molecule has 0 atom stereocenters. The van der Waals surface area contributed by atoms with E-state index < -0.39 is 0 Å². The smallest absolute Gasteiger partial charge is 0.275 e. The zero-order chi connectivity index (χ0) is 15.8. The van der Waals surface area contributed by atoms with E-state index >= 15 is 0 Å². The maximum Gasteiger partial charge on any atom is 0.275 e. The van der Waals surface area contributed by atoms with E-state index in [1.54, 1.807) is 21.6 Å². The SMILES string of the molecule is Cn1ccc(NC(=O)c2cc(C3CC3)nn2-c2ccccc2)n1. The van der Waals surface area contributed by atoms with Gasteiger partial charge in [-0.1, -0.05) is 18.2 Å². The molecule has 2 heterocycles. The van der Waals surface area contributed by atoms with Gasteiger partial charge in [0.15, 0.2) is 5.82 Å². The van der Waals surface area contributed by atoms with E-state index in [1.807, 2.05) is 43.4 Å². The summed E-state index contributed by atoms with van der Waals surface area (Å²) >= 11 is 0. The van der Waals surface area contributed by atoms with E-state index in [2.05, 4.69) is 15.5 Å². The summed E-state index contributed by atoms with van der Waals surface area (Å²) in [7, 11) is 1.81. The first-order valence-corrected chi connectivity index (χ1v) is 7.67. The molecule has 1 N–H and O–H groups in total. The summed E-state index contributed by atoms with van der Waals surface area (Å²) in [6, 6.07) is 13.4. The van der Waals surface area contributed by atoms with Crippen molar-refractivity contribution >= 4 is 11.7 Å². The number of carbonyl (C=O) groups is 1. The number of hydrogen-bond donors (Lipinski definition) is 1. The van der Waals surface area contributed by atoms with Crippen LogP contribution in [-0.4, -0.2) is 25.5 Å². The summed E-state index contributed by atoms with van der Waals surface area (Å²) in [5, 5.41) is 11.7. The number of para-hydroxylation sites is 1. The Morgan fingerprint density at radius 2 is 1.96 bits per heavy atom. The van der Waals surface area contributed by atoms with Crippen LogP contribution in [0.3, 0.4) is 0 Å². The van der Waals surface area contributed by atoms with Crippen LogP contribution < -0.4 is 5.32 Å². The van der Waals surface area contributed by atoms with Gasteiger partial charge in [0, 0.05) is 25.2 Å². The molecule has 1 aliphatic carbocycles. The van der Waals surface area contributed by atoms with Gasteiger partial charge in [-0.2, -0.15) is 10.2 Å². The molecule has 0 bridgehead atoms. The van der Waals surface area contributed by atoms with Crippen molar-refractivity contribution < 1.29 is 4.79 Å². The molecule has 0 radical (unpaired) electrons. The monoisotopic (exact) mass is 307 g/mol. The highest BCUT2D eigenvalue weighted by Gasteiger charge is 2.29. The van der Waals surface area contributed by atoms with E-state index in [4.69, 9.17) is 0 Å². The molecule has 1 saturated carbocycles. The molecular formula is C17H17N5O. The third-order valence-electron chi connectivity index (χ3n) is 3.91. The van der Waals surface area contributed by atoms with Crippen LogP contribution in [-0.2, 0) is 7.05 Å². The molecule has 6 nitrogen and oxygen atoms in total. The van der Waals surface area contributed by atoms with Gasteiger partial charge in [-0.25, -0.2) is 4.68 Å². The number of aromatic nitrogens is 4. The second-order valence-corrected chi connectivity index (χ2v) is 5.80. The molecule has 0 spiro atoms. The number of amides is 1. The molecular weight excluding hydrogens is 290 g/mol. The Kier molecular flexibility index (Phi) is 3.22. The van der Waals surface area contributed by atoms with Crippen molar-refractivity contribution in [2.45, 2.75) is 18.8 Å². The van der Waals surface area contributed by atoms with Crippen molar-refractivity contribution in [3.05, 3.63) is 60.0 Å². The minimum atomic E-state index is -0.202. The van der Waals surface area contributed by atoms with Gasteiger partial charge in [-0.05, 0) is 31.0 Å². The van der Waals surface area contributed by atoms with Gasteiger partial charge in [0.05, 0.1) is 11.4 Å². The summed E-state index contributed by atoms with van der Waals surface area (Å²) in [6.45, 7) is 0. The topological polar surface area (TPSA) is 64.7 Å². The quantitative estimate of drug-likeness (QED) is 0.806. The van der Waals surface area contributed by atoms with E-state index in [0.717, 1.165) is 24.2 Å². The molecule has 116 valence electrons. The van der Waals surface area contributed by atoms with E-state index in [9.17, 15) is 4.79 Å². The van der Waals surface area contributed by atoms with Gasteiger partial charge >= 0.3 is 0 Å². The van der Waals surface area contributed by atoms with Crippen molar-refractivity contribution in [1.29, 1.82) is 0 Å². The van der Waals surface area contributed by atoms with E-state index in [0.29, 0.717) is 17.4 Å². The predicted molar refractivity (Wildman–Crippen MR) is 86.7 cm³/mol. The minimum absolute atomic E-state index is 0.202. The Hall–Kier alpha value is -2.89. The van der Waals surface area contributed by atoms with Gasteiger partial charge in [0.1, 0.15) is 5.69 Å². The molecule has 3 aromatic rings. The first-order chi connectivity index (χ1) is 11.2. The number of benzene rings is 1. The number of aryl methyl sites for hydroxylation is 1. The average Bonchev–Trinajstić information content (AvgIpc) is 3.18. The molecule has 1 amide bonds. The van der Waals surface area contributed by atoms with Crippen molar-refractivity contribution in [1.82, 2.24) is 19.6 Å². The molecule has 0 unspecified atom stereocenters. The lowest BCUT2D eigenvalue weighted by Crippen LogP contribution is -2.17. The lowest BCUT2D eigenvalue weighted by molar-refractivity contribution is 0.101. The molecule has 0 saturated heterocycles. The van der Waals surface area contributed by atoms with Gasteiger partial charge in [-0.3, -0.25) is 9.48 Å². The van der Waals surface area contributed by atoms with Crippen molar-refractivity contribution in [2.75, 3.05) is 5.32 Å². The highest BCUT2D eigenvalue weighted by atomic mass is 16.2. The molecule has 0 aliphatic heterocycles. The fourth-order valence-corrected chi connectivity index (χ4v) is 2.57. The van der Waals surface area contributed by atoms with Crippen LogP contribution >= 0.6 is 0 Å². The number of anilines is 1. The highest BCUT2D eigenvalue weighted by Crippen LogP contribution is 2.39. The molecule has 4 rings (SSSR count). The number of nitrogens with zero attached hydrogens (tertiary/aromatic N) is 4. The number of carbonyl (C=O) groups excluding carboxylic acids is 1. The molecule has 1 aromatic carbocycles. The van der Waals surface area contributed by atoms with Crippen LogP contribution in [0.25, 0.3) is 5.69 Å². The second kappa shape index (κ2) is 5.39.